The summed E-state index contributed by atoms with van der Waals surface area (Å²) in [6, 6.07) is 4.08. The van der Waals surface area contributed by atoms with E-state index in [0.29, 0.717) is 5.13 Å². The minimum Gasteiger partial charge on any atom is -0.396 e. The van der Waals surface area contributed by atoms with Gasteiger partial charge in [-0.25, -0.2) is 4.39 Å². The first-order valence-corrected chi connectivity index (χ1v) is 6.11. The zero-order valence-electron chi connectivity index (χ0n) is 9.61. The summed E-state index contributed by atoms with van der Waals surface area (Å²) in [6.45, 7) is 1.94. The van der Waals surface area contributed by atoms with Gasteiger partial charge in [-0.15, -0.1) is 10.2 Å². The summed E-state index contributed by atoms with van der Waals surface area (Å²) >= 11 is 1.28. The Kier molecular flexibility index (Phi) is 3.52. The zero-order chi connectivity index (χ0) is 13.1. The number of halogens is 1. The Labute approximate surface area is 107 Å². The van der Waals surface area contributed by atoms with Crippen molar-refractivity contribution in [1.82, 2.24) is 10.2 Å². The van der Waals surface area contributed by atoms with Gasteiger partial charge < -0.3 is 5.73 Å². The Hall–Kier alpha value is -2.02. The largest absolute Gasteiger partial charge is 0.396 e. The number of aromatic nitrogens is 2. The molecule has 3 N–H and O–H groups in total. The topological polar surface area (TPSA) is 80.9 Å². The highest BCUT2D eigenvalue weighted by atomic mass is 32.1. The molecular weight excluding hydrogens is 255 g/mol. The second-order valence-corrected chi connectivity index (χ2v) is 4.57. The van der Waals surface area contributed by atoms with Gasteiger partial charge in [0.25, 0.3) is 5.91 Å². The Bertz CT molecular complexity index is 584. The van der Waals surface area contributed by atoms with Crippen molar-refractivity contribution in [2.45, 2.75) is 13.3 Å². The van der Waals surface area contributed by atoms with Gasteiger partial charge in [0.15, 0.2) is 0 Å². The summed E-state index contributed by atoms with van der Waals surface area (Å²) in [5.74, 6) is -1.11. The number of para-hydroxylation sites is 1. The summed E-state index contributed by atoms with van der Waals surface area (Å²) in [6.07, 6.45) is 0.746. The van der Waals surface area contributed by atoms with Crippen LogP contribution in [0.15, 0.2) is 18.2 Å². The van der Waals surface area contributed by atoms with Crippen LogP contribution in [-0.2, 0) is 6.42 Å². The minimum absolute atomic E-state index is 0.0863. The number of aryl methyl sites for hydroxylation is 1. The third-order valence-corrected chi connectivity index (χ3v) is 3.27. The van der Waals surface area contributed by atoms with Crippen LogP contribution in [0.5, 0.6) is 0 Å². The minimum atomic E-state index is -0.617. The summed E-state index contributed by atoms with van der Waals surface area (Å²) in [7, 11) is 0. The van der Waals surface area contributed by atoms with Crippen LogP contribution in [0, 0.1) is 5.82 Å². The number of nitrogens with two attached hydrogens (primary N) is 1. The highest BCUT2D eigenvalue weighted by Crippen LogP contribution is 2.20. The van der Waals surface area contributed by atoms with Crippen molar-refractivity contribution < 1.29 is 9.18 Å². The molecule has 0 bridgehead atoms. The predicted molar refractivity (Wildman–Crippen MR) is 68.1 cm³/mol. The third kappa shape index (κ3) is 2.45. The first kappa shape index (κ1) is 12.4. The van der Waals surface area contributed by atoms with Crippen LogP contribution in [0.4, 0.5) is 15.2 Å². The molecule has 0 fully saturated rings. The Morgan fingerprint density at radius 2 is 2.28 bits per heavy atom. The lowest BCUT2D eigenvalue weighted by Crippen LogP contribution is -2.14. The van der Waals surface area contributed by atoms with E-state index < -0.39 is 11.7 Å². The van der Waals surface area contributed by atoms with Gasteiger partial charge in [0.05, 0.1) is 11.3 Å². The summed E-state index contributed by atoms with van der Waals surface area (Å²) < 4.78 is 13.2. The number of amides is 1. The lowest BCUT2D eigenvalue weighted by Gasteiger charge is -2.05. The number of carbonyl (C=O) groups excluding carboxylic acids is 1. The Morgan fingerprint density at radius 1 is 1.50 bits per heavy atom. The van der Waals surface area contributed by atoms with Gasteiger partial charge in [-0.3, -0.25) is 10.1 Å². The van der Waals surface area contributed by atoms with Crippen LogP contribution in [0.1, 0.15) is 22.3 Å². The molecule has 1 heterocycles. The van der Waals surface area contributed by atoms with Gasteiger partial charge in [-0.1, -0.05) is 24.3 Å². The molecule has 0 aliphatic rings. The fraction of sp³-hybridized carbons (Fsp3) is 0.182. The van der Waals surface area contributed by atoms with Gasteiger partial charge in [-0.05, 0) is 18.6 Å². The Balaban J connectivity index is 2.19. The van der Waals surface area contributed by atoms with E-state index in [4.69, 9.17) is 5.73 Å². The number of nitrogen functional groups attached to an aromatic ring is 1. The standard InChI is InChI=1S/C11H11FN4OS/c1-2-8-15-16-11(18-8)14-10(17)6-4-3-5-7(12)9(6)13/h3-5H,2,13H2,1H3,(H,14,16,17). The number of nitrogens with one attached hydrogen (secondary N) is 1. The quantitative estimate of drug-likeness (QED) is 0.833. The van der Waals surface area contributed by atoms with E-state index in [-0.39, 0.29) is 11.3 Å². The van der Waals surface area contributed by atoms with Crippen molar-refractivity contribution in [2.75, 3.05) is 11.1 Å². The molecule has 5 nitrogen and oxygen atoms in total. The molecule has 2 rings (SSSR count). The highest BCUT2D eigenvalue weighted by molar-refractivity contribution is 7.15. The number of anilines is 2. The summed E-state index contributed by atoms with van der Waals surface area (Å²) in [5.41, 5.74) is 5.42. The van der Waals surface area contributed by atoms with Crippen LogP contribution >= 0.6 is 11.3 Å². The van der Waals surface area contributed by atoms with Gasteiger partial charge in [-0.2, -0.15) is 0 Å². The van der Waals surface area contributed by atoms with Gasteiger partial charge >= 0.3 is 0 Å². The molecule has 94 valence electrons. The van der Waals surface area contributed by atoms with Crippen molar-refractivity contribution in [2.24, 2.45) is 0 Å². The average molecular weight is 266 g/mol. The number of hydrogen-bond donors (Lipinski definition) is 2. The zero-order valence-corrected chi connectivity index (χ0v) is 10.4. The van der Waals surface area contributed by atoms with Gasteiger partial charge in [0.2, 0.25) is 5.13 Å². The molecule has 18 heavy (non-hydrogen) atoms. The van der Waals surface area contributed by atoms with E-state index in [9.17, 15) is 9.18 Å². The molecule has 2 aromatic rings. The molecule has 0 atom stereocenters. The maximum absolute atomic E-state index is 13.2. The van der Waals surface area contributed by atoms with Crippen LogP contribution in [0.25, 0.3) is 0 Å². The Morgan fingerprint density at radius 3 is 2.94 bits per heavy atom. The van der Waals surface area contributed by atoms with Crippen LogP contribution in [0.2, 0.25) is 0 Å². The number of hydrogen-bond acceptors (Lipinski definition) is 5. The molecule has 0 aliphatic heterocycles. The maximum Gasteiger partial charge on any atom is 0.259 e. The van der Waals surface area contributed by atoms with E-state index in [0.717, 1.165) is 11.4 Å². The average Bonchev–Trinajstić information content (AvgIpc) is 2.80. The number of benzene rings is 1. The van der Waals surface area contributed by atoms with Crippen molar-refractivity contribution in [1.29, 1.82) is 0 Å². The van der Waals surface area contributed by atoms with E-state index >= 15 is 0 Å². The molecule has 1 aromatic heterocycles. The maximum atomic E-state index is 13.2. The van der Waals surface area contributed by atoms with E-state index in [1.165, 1.54) is 29.5 Å². The molecule has 1 amide bonds. The number of carbonyl (C=O) groups is 1. The molecule has 0 spiro atoms. The normalized spacial score (nSPS) is 10.3. The van der Waals surface area contributed by atoms with Crippen molar-refractivity contribution >= 4 is 28.1 Å². The van der Waals surface area contributed by atoms with Gasteiger partial charge in [0, 0.05) is 0 Å². The first-order chi connectivity index (χ1) is 8.61. The second-order valence-electron chi connectivity index (χ2n) is 3.51. The second kappa shape index (κ2) is 5.09. The first-order valence-electron chi connectivity index (χ1n) is 5.29. The van der Waals surface area contributed by atoms with E-state index in [1.54, 1.807) is 0 Å². The van der Waals surface area contributed by atoms with Crippen LogP contribution in [0.3, 0.4) is 0 Å². The fourth-order valence-electron chi connectivity index (χ4n) is 1.35. The van der Waals surface area contributed by atoms with Crippen molar-refractivity contribution in [3.05, 3.63) is 34.6 Å². The lowest BCUT2D eigenvalue weighted by molar-refractivity contribution is 0.102. The van der Waals surface area contributed by atoms with Crippen molar-refractivity contribution in [3.63, 3.8) is 0 Å². The highest BCUT2D eigenvalue weighted by Gasteiger charge is 2.14. The molecule has 1 aromatic carbocycles. The molecule has 0 saturated heterocycles. The summed E-state index contributed by atoms with van der Waals surface area (Å²) in [5, 5.41) is 11.4. The molecule has 7 heteroatoms. The summed E-state index contributed by atoms with van der Waals surface area (Å²) in [4.78, 5) is 11.9. The van der Waals surface area contributed by atoms with Gasteiger partial charge in [0.1, 0.15) is 10.8 Å². The van der Waals surface area contributed by atoms with E-state index in [1.807, 2.05) is 6.92 Å². The smallest absolute Gasteiger partial charge is 0.259 e. The molecule has 0 radical (unpaired) electrons. The third-order valence-electron chi connectivity index (χ3n) is 2.29. The molecular formula is C11H11FN4OS. The molecule has 0 unspecified atom stereocenters. The lowest BCUT2D eigenvalue weighted by atomic mass is 10.1. The SMILES string of the molecule is CCc1nnc(NC(=O)c2cccc(F)c2N)s1. The van der Waals surface area contributed by atoms with Crippen LogP contribution in [-0.4, -0.2) is 16.1 Å². The van der Waals surface area contributed by atoms with E-state index in [2.05, 4.69) is 15.5 Å². The molecule has 0 aliphatic carbocycles. The van der Waals surface area contributed by atoms with Crippen LogP contribution < -0.4 is 11.1 Å². The fourth-order valence-corrected chi connectivity index (χ4v) is 2.02. The molecule has 0 saturated carbocycles. The van der Waals surface area contributed by atoms with Crippen molar-refractivity contribution in [3.8, 4) is 0 Å². The monoisotopic (exact) mass is 266 g/mol. The number of nitrogens with zero attached hydrogens (tertiary/aromatic N) is 2. The number of rotatable bonds is 3. The predicted octanol–water partition coefficient (Wildman–Crippen LogP) is 2.07.